The van der Waals surface area contributed by atoms with Gasteiger partial charge in [0.05, 0.1) is 23.9 Å². The Hall–Kier alpha value is -2.74. The molecule has 0 aliphatic rings. The van der Waals surface area contributed by atoms with Gasteiger partial charge in [-0.2, -0.15) is 5.10 Å². The van der Waals surface area contributed by atoms with Crippen molar-refractivity contribution in [3.63, 3.8) is 0 Å². The van der Waals surface area contributed by atoms with E-state index in [4.69, 9.17) is 14.6 Å². The number of ether oxygens (including phenoxy) is 2. The van der Waals surface area contributed by atoms with Gasteiger partial charge in [0, 0.05) is 31.7 Å². The molecule has 0 radical (unpaired) electrons. The SMILES string of the molecule is CC(C)N(Cc1c(-c2ccccc2)nn(C)c1Oc1ccc(F)cc1)C[C@@H](O)COC(C)(C)C. The van der Waals surface area contributed by atoms with Crippen molar-refractivity contribution in [1.29, 1.82) is 0 Å². The number of nitrogens with zero attached hydrogens (tertiary/aromatic N) is 3. The Morgan fingerprint density at radius 3 is 2.29 bits per heavy atom. The molecular formula is C27H36FN3O3. The van der Waals surface area contributed by atoms with E-state index in [0.29, 0.717) is 24.7 Å². The molecule has 0 fully saturated rings. The molecule has 1 aromatic heterocycles. The van der Waals surface area contributed by atoms with E-state index in [9.17, 15) is 9.50 Å². The summed E-state index contributed by atoms with van der Waals surface area (Å²) >= 11 is 0. The van der Waals surface area contributed by atoms with Gasteiger partial charge in [-0.1, -0.05) is 30.3 Å². The van der Waals surface area contributed by atoms with Crippen LogP contribution in [0.5, 0.6) is 11.6 Å². The lowest BCUT2D eigenvalue weighted by Gasteiger charge is -2.30. The average Bonchev–Trinajstić information content (AvgIpc) is 3.08. The lowest BCUT2D eigenvalue weighted by molar-refractivity contribution is -0.0587. The summed E-state index contributed by atoms with van der Waals surface area (Å²) in [5.74, 6) is 0.788. The highest BCUT2D eigenvalue weighted by Gasteiger charge is 2.25. The minimum Gasteiger partial charge on any atom is -0.439 e. The maximum Gasteiger partial charge on any atom is 0.222 e. The van der Waals surface area contributed by atoms with E-state index in [0.717, 1.165) is 16.8 Å². The predicted molar refractivity (Wildman–Crippen MR) is 132 cm³/mol. The van der Waals surface area contributed by atoms with Crippen LogP contribution in [0, 0.1) is 5.82 Å². The monoisotopic (exact) mass is 469 g/mol. The van der Waals surface area contributed by atoms with Crippen molar-refractivity contribution in [2.24, 2.45) is 7.05 Å². The predicted octanol–water partition coefficient (Wildman–Crippen LogP) is 5.40. The summed E-state index contributed by atoms with van der Waals surface area (Å²) in [6, 6.07) is 16.0. The second-order valence-electron chi connectivity index (χ2n) is 9.78. The zero-order chi connectivity index (χ0) is 24.9. The molecule has 0 aliphatic carbocycles. The van der Waals surface area contributed by atoms with E-state index in [1.165, 1.54) is 12.1 Å². The highest BCUT2D eigenvalue weighted by molar-refractivity contribution is 5.65. The molecule has 184 valence electrons. The molecule has 0 amide bonds. The number of aryl methyl sites for hydroxylation is 1. The van der Waals surface area contributed by atoms with Gasteiger partial charge in [0.25, 0.3) is 0 Å². The van der Waals surface area contributed by atoms with E-state index in [1.54, 1.807) is 16.8 Å². The summed E-state index contributed by atoms with van der Waals surface area (Å²) in [6.07, 6.45) is -0.639. The molecule has 0 saturated heterocycles. The van der Waals surface area contributed by atoms with Crippen LogP contribution < -0.4 is 4.74 Å². The molecule has 1 N–H and O–H groups in total. The van der Waals surface area contributed by atoms with Crippen molar-refractivity contribution in [3.8, 4) is 22.9 Å². The Kier molecular flexibility index (Phi) is 8.47. The normalized spacial score (nSPS) is 13.0. The number of benzene rings is 2. The quantitative estimate of drug-likeness (QED) is 0.431. The number of halogens is 1. The van der Waals surface area contributed by atoms with Crippen LogP contribution in [-0.4, -0.2) is 50.7 Å². The molecule has 6 nitrogen and oxygen atoms in total. The van der Waals surface area contributed by atoms with Crippen molar-refractivity contribution in [3.05, 3.63) is 66.0 Å². The van der Waals surface area contributed by atoms with E-state index in [-0.39, 0.29) is 24.1 Å². The molecule has 1 heterocycles. The first-order valence-corrected chi connectivity index (χ1v) is 11.6. The first kappa shape index (κ1) is 25.9. The van der Waals surface area contributed by atoms with Gasteiger partial charge >= 0.3 is 0 Å². The number of rotatable bonds is 10. The summed E-state index contributed by atoms with van der Waals surface area (Å²) in [5.41, 5.74) is 2.37. The third-order valence-corrected chi connectivity index (χ3v) is 5.41. The minimum absolute atomic E-state index is 0.159. The summed E-state index contributed by atoms with van der Waals surface area (Å²) < 4.78 is 27.1. The summed E-state index contributed by atoms with van der Waals surface area (Å²) in [4.78, 5) is 2.18. The van der Waals surface area contributed by atoms with Crippen molar-refractivity contribution < 1.29 is 19.0 Å². The van der Waals surface area contributed by atoms with Crippen LogP contribution in [0.2, 0.25) is 0 Å². The summed E-state index contributed by atoms with van der Waals surface area (Å²) in [7, 11) is 1.83. The Balaban J connectivity index is 1.93. The van der Waals surface area contributed by atoms with Crippen LogP contribution in [0.15, 0.2) is 54.6 Å². The number of aliphatic hydroxyl groups excluding tert-OH is 1. The zero-order valence-electron chi connectivity index (χ0n) is 21.0. The van der Waals surface area contributed by atoms with Gasteiger partial charge in [0.1, 0.15) is 17.3 Å². The topological polar surface area (TPSA) is 59.8 Å². The fraction of sp³-hybridized carbons (Fsp3) is 0.444. The van der Waals surface area contributed by atoms with Crippen LogP contribution in [-0.2, 0) is 18.3 Å². The molecule has 3 aromatic rings. The standard InChI is InChI=1S/C27H36FN3O3/c1-19(2)31(16-22(32)18-33-27(3,4)5)17-24-25(20-10-8-7-9-11-20)29-30(6)26(24)34-23-14-12-21(28)13-15-23/h7-15,19,22,32H,16-18H2,1-6H3/t22-/m1/s1. The highest BCUT2D eigenvalue weighted by Crippen LogP contribution is 2.34. The number of aliphatic hydroxyl groups is 1. The molecule has 7 heteroatoms. The van der Waals surface area contributed by atoms with Crippen molar-refractivity contribution in [2.45, 2.75) is 58.9 Å². The molecule has 0 aliphatic heterocycles. The molecule has 0 bridgehead atoms. The van der Waals surface area contributed by atoms with E-state index < -0.39 is 6.10 Å². The summed E-state index contributed by atoms with van der Waals surface area (Å²) in [5, 5.41) is 15.4. The van der Waals surface area contributed by atoms with Gasteiger partial charge in [-0.25, -0.2) is 9.07 Å². The zero-order valence-corrected chi connectivity index (χ0v) is 21.0. The Bertz CT molecular complexity index is 1040. The van der Waals surface area contributed by atoms with E-state index >= 15 is 0 Å². The molecule has 0 saturated carbocycles. The van der Waals surface area contributed by atoms with Gasteiger partial charge in [0.15, 0.2) is 0 Å². The third-order valence-electron chi connectivity index (χ3n) is 5.41. The van der Waals surface area contributed by atoms with Crippen LogP contribution in [0.1, 0.15) is 40.2 Å². The fourth-order valence-electron chi connectivity index (χ4n) is 3.60. The third kappa shape index (κ3) is 7.13. The summed E-state index contributed by atoms with van der Waals surface area (Å²) in [6.45, 7) is 11.3. The van der Waals surface area contributed by atoms with Crippen LogP contribution in [0.3, 0.4) is 0 Å². The minimum atomic E-state index is -0.639. The molecule has 1 atom stereocenters. The number of hydrogen-bond acceptors (Lipinski definition) is 5. The Morgan fingerprint density at radius 1 is 1.06 bits per heavy atom. The van der Waals surface area contributed by atoms with Crippen molar-refractivity contribution in [2.75, 3.05) is 13.2 Å². The smallest absolute Gasteiger partial charge is 0.222 e. The molecule has 3 rings (SSSR count). The Morgan fingerprint density at radius 2 is 1.71 bits per heavy atom. The molecule has 0 spiro atoms. The molecular weight excluding hydrogens is 433 g/mol. The lowest BCUT2D eigenvalue weighted by Crippen LogP contribution is -2.40. The van der Waals surface area contributed by atoms with E-state index in [1.807, 2.05) is 58.2 Å². The van der Waals surface area contributed by atoms with E-state index in [2.05, 4.69) is 18.7 Å². The van der Waals surface area contributed by atoms with Gasteiger partial charge in [0.2, 0.25) is 5.88 Å². The lowest BCUT2D eigenvalue weighted by atomic mass is 10.1. The van der Waals surface area contributed by atoms with Crippen LogP contribution in [0.25, 0.3) is 11.3 Å². The molecule has 34 heavy (non-hydrogen) atoms. The second-order valence-corrected chi connectivity index (χ2v) is 9.78. The average molecular weight is 470 g/mol. The maximum atomic E-state index is 13.4. The molecule has 0 unspecified atom stereocenters. The largest absolute Gasteiger partial charge is 0.439 e. The number of hydrogen-bond donors (Lipinski definition) is 1. The Labute approximate surface area is 201 Å². The molecule has 2 aromatic carbocycles. The van der Waals surface area contributed by atoms with Crippen LogP contribution >= 0.6 is 0 Å². The maximum absolute atomic E-state index is 13.4. The first-order chi connectivity index (χ1) is 16.0. The fourth-order valence-corrected chi connectivity index (χ4v) is 3.60. The van der Waals surface area contributed by atoms with Crippen LogP contribution in [0.4, 0.5) is 4.39 Å². The number of aromatic nitrogens is 2. The van der Waals surface area contributed by atoms with Gasteiger partial charge in [-0.3, -0.25) is 4.90 Å². The van der Waals surface area contributed by atoms with Crippen molar-refractivity contribution >= 4 is 0 Å². The van der Waals surface area contributed by atoms with Gasteiger partial charge in [-0.15, -0.1) is 0 Å². The van der Waals surface area contributed by atoms with Crippen molar-refractivity contribution in [1.82, 2.24) is 14.7 Å². The van der Waals surface area contributed by atoms with Gasteiger partial charge in [-0.05, 0) is 58.9 Å². The second kappa shape index (κ2) is 11.1. The van der Waals surface area contributed by atoms with Gasteiger partial charge < -0.3 is 14.6 Å². The highest BCUT2D eigenvalue weighted by atomic mass is 19.1. The first-order valence-electron chi connectivity index (χ1n) is 11.6.